The number of nitrogens with one attached hydrogen (secondary N) is 1. The van der Waals surface area contributed by atoms with Crippen LogP contribution >= 0.6 is 0 Å². The number of nitrogens with two attached hydrogens (primary N) is 1. The van der Waals surface area contributed by atoms with Crippen molar-refractivity contribution in [2.75, 3.05) is 0 Å². The number of carbonyl (C=O) groups excluding carboxylic acids is 1. The first-order valence-corrected chi connectivity index (χ1v) is 3.76. The summed E-state index contributed by atoms with van der Waals surface area (Å²) in [5.74, 6) is -2.08. The second kappa shape index (κ2) is 5.44. The highest BCUT2D eigenvalue weighted by molar-refractivity contribution is 5.74. The Hall–Kier alpha value is -2.45. The lowest BCUT2D eigenvalue weighted by Gasteiger charge is -1.96. The molecule has 4 N–H and O–H groups in total. The van der Waals surface area contributed by atoms with Gasteiger partial charge in [-0.25, -0.2) is 14.2 Å². The lowest BCUT2D eigenvalue weighted by molar-refractivity contribution is -0.134. The van der Waals surface area contributed by atoms with Crippen LogP contribution < -0.4 is 17.0 Å². The first-order chi connectivity index (χ1) is 7.25. The summed E-state index contributed by atoms with van der Waals surface area (Å²) >= 11 is 0. The number of carboxylic acids is 1. The van der Waals surface area contributed by atoms with Crippen LogP contribution in [0.15, 0.2) is 15.8 Å². The number of carbonyl (C=O) groups is 2. The van der Waals surface area contributed by atoms with Crippen molar-refractivity contribution in [2.45, 2.75) is 6.92 Å². The van der Waals surface area contributed by atoms with Crippen LogP contribution in [0.25, 0.3) is 0 Å². The van der Waals surface area contributed by atoms with Crippen LogP contribution in [0.3, 0.4) is 0 Å². The number of halogens is 1. The summed E-state index contributed by atoms with van der Waals surface area (Å²) < 4.78 is 12.7. The maximum Gasteiger partial charge on any atom is 0.336 e. The number of aromatic amines is 1. The van der Waals surface area contributed by atoms with Gasteiger partial charge < -0.3 is 10.8 Å². The predicted molar refractivity (Wildman–Crippen MR) is 49.6 cm³/mol. The molecular weight excluding hydrogens is 225 g/mol. The second-order valence-corrected chi connectivity index (χ2v) is 2.46. The average Bonchev–Trinajstić information content (AvgIpc) is 2.09. The molecule has 0 atom stereocenters. The molecule has 16 heavy (non-hydrogen) atoms. The zero-order valence-corrected chi connectivity index (χ0v) is 8.06. The van der Waals surface area contributed by atoms with Gasteiger partial charge in [0.2, 0.25) is 5.82 Å². The molecule has 1 aromatic rings. The number of carboxylic acid groups (broad SMARTS) is 1. The highest BCUT2D eigenvalue weighted by Crippen LogP contribution is 1.81. The number of H-pyrrole nitrogens is 1. The number of aliphatic carboxylic acids is 1. The molecule has 8 nitrogen and oxygen atoms in total. The van der Waals surface area contributed by atoms with Gasteiger partial charge in [0.25, 0.3) is 11.5 Å². The third-order valence-corrected chi connectivity index (χ3v) is 1.14. The van der Waals surface area contributed by atoms with Crippen LogP contribution in [0.4, 0.5) is 9.18 Å². The van der Waals surface area contributed by atoms with E-state index in [0.717, 1.165) is 6.92 Å². The number of aromatic nitrogens is 2. The summed E-state index contributed by atoms with van der Waals surface area (Å²) in [5.41, 5.74) is 2.42. The van der Waals surface area contributed by atoms with Gasteiger partial charge in [0.05, 0.1) is 6.20 Å². The summed E-state index contributed by atoms with van der Waals surface area (Å²) in [5, 5.41) is 7.42. The van der Waals surface area contributed by atoms with Gasteiger partial charge in [0.15, 0.2) is 0 Å². The van der Waals surface area contributed by atoms with Crippen molar-refractivity contribution in [2.24, 2.45) is 5.73 Å². The van der Waals surface area contributed by atoms with Gasteiger partial charge in [-0.05, 0) is 0 Å². The molecule has 88 valence electrons. The van der Waals surface area contributed by atoms with E-state index in [9.17, 15) is 18.8 Å². The number of primary amides is 1. The zero-order valence-electron chi connectivity index (χ0n) is 8.06. The fourth-order valence-electron chi connectivity index (χ4n) is 0.611. The largest absolute Gasteiger partial charge is 0.481 e. The summed E-state index contributed by atoms with van der Waals surface area (Å²) in [7, 11) is 0. The Balaban J connectivity index is 0.000000487. The third kappa shape index (κ3) is 4.17. The first kappa shape index (κ1) is 13.5. The van der Waals surface area contributed by atoms with Crippen molar-refractivity contribution in [3.05, 3.63) is 32.9 Å². The lowest BCUT2D eigenvalue weighted by Crippen LogP contribution is -2.37. The fraction of sp³-hybridized carbons (Fsp3) is 0.143. The summed E-state index contributed by atoms with van der Waals surface area (Å²) in [6.07, 6.45) is 0.434. The predicted octanol–water partition coefficient (Wildman–Crippen LogP) is -1.31. The summed E-state index contributed by atoms with van der Waals surface area (Å²) in [6, 6.07) is -1.16. The van der Waals surface area contributed by atoms with Crippen molar-refractivity contribution in [3.63, 3.8) is 0 Å². The Morgan fingerprint density at radius 2 is 1.94 bits per heavy atom. The molecule has 0 fully saturated rings. The van der Waals surface area contributed by atoms with E-state index >= 15 is 0 Å². The number of rotatable bonds is 0. The van der Waals surface area contributed by atoms with E-state index in [-0.39, 0.29) is 4.57 Å². The van der Waals surface area contributed by atoms with Gasteiger partial charge in [-0.3, -0.25) is 14.6 Å². The molecular formula is C7H8FN3O5. The van der Waals surface area contributed by atoms with E-state index in [0.29, 0.717) is 6.20 Å². The smallest absolute Gasteiger partial charge is 0.336 e. The lowest BCUT2D eigenvalue weighted by atomic mass is 10.6. The fourth-order valence-corrected chi connectivity index (χ4v) is 0.611. The van der Waals surface area contributed by atoms with Crippen LogP contribution in [-0.4, -0.2) is 26.7 Å². The molecule has 1 amide bonds. The molecule has 0 radical (unpaired) electrons. The molecule has 0 aliphatic carbocycles. The molecule has 0 bridgehead atoms. The topological polar surface area (TPSA) is 135 Å². The van der Waals surface area contributed by atoms with Gasteiger partial charge in [-0.2, -0.15) is 4.39 Å². The molecule has 0 saturated heterocycles. The molecule has 9 heteroatoms. The van der Waals surface area contributed by atoms with Crippen molar-refractivity contribution in [3.8, 4) is 0 Å². The van der Waals surface area contributed by atoms with E-state index < -0.39 is 29.1 Å². The SMILES string of the molecule is CC(=O)O.NC(=O)n1cc(F)c(=O)[nH]c1=O. The molecule has 0 unspecified atom stereocenters. The Morgan fingerprint density at radius 1 is 1.50 bits per heavy atom. The molecule has 0 aliphatic rings. The van der Waals surface area contributed by atoms with E-state index in [2.05, 4.69) is 5.73 Å². The van der Waals surface area contributed by atoms with Crippen molar-refractivity contribution >= 4 is 12.0 Å². The molecule has 0 spiro atoms. The zero-order chi connectivity index (χ0) is 12.9. The van der Waals surface area contributed by atoms with Crippen LogP contribution in [0, 0.1) is 5.82 Å². The van der Waals surface area contributed by atoms with Gasteiger partial charge >= 0.3 is 11.7 Å². The number of hydrogen-bond acceptors (Lipinski definition) is 4. The second-order valence-electron chi connectivity index (χ2n) is 2.46. The summed E-state index contributed by atoms with van der Waals surface area (Å²) in [6.45, 7) is 1.08. The molecule has 0 aromatic carbocycles. The molecule has 1 heterocycles. The van der Waals surface area contributed by atoms with E-state index in [1.54, 1.807) is 4.98 Å². The minimum absolute atomic E-state index is 0.261. The van der Waals surface area contributed by atoms with Gasteiger partial charge in [-0.1, -0.05) is 0 Å². The van der Waals surface area contributed by atoms with Crippen LogP contribution in [0.1, 0.15) is 6.92 Å². The molecule has 0 saturated carbocycles. The number of amides is 1. The van der Waals surface area contributed by atoms with Crippen LogP contribution in [-0.2, 0) is 4.79 Å². The van der Waals surface area contributed by atoms with Gasteiger partial charge in [-0.15, -0.1) is 0 Å². The maximum atomic E-state index is 12.4. The van der Waals surface area contributed by atoms with E-state index in [1.165, 1.54) is 0 Å². The molecule has 1 aromatic heterocycles. The van der Waals surface area contributed by atoms with Gasteiger partial charge in [0, 0.05) is 6.92 Å². The monoisotopic (exact) mass is 233 g/mol. The normalized spacial score (nSPS) is 8.88. The van der Waals surface area contributed by atoms with Crippen molar-refractivity contribution in [1.82, 2.24) is 9.55 Å². The Bertz CT molecular complexity index is 513. The third-order valence-electron chi connectivity index (χ3n) is 1.14. The van der Waals surface area contributed by atoms with E-state index in [4.69, 9.17) is 9.90 Å². The average molecular weight is 233 g/mol. The molecule has 1 rings (SSSR count). The highest BCUT2D eigenvalue weighted by atomic mass is 19.1. The van der Waals surface area contributed by atoms with Crippen molar-refractivity contribution in [1.29, 1.82) is 0 Å². The number of hydrogen-bond donors (Lipinski definition) is 3. The minimum atomic E-state index is -1.24. The first-order valence-electron chi connectivity index (χ1n) is 3.76. The Labute approximate surface area is 87.1 Å². The van der Waals surface area contributed by atoms with Crippen molar-refractivity contribution < 1.29 is 19.1 Å². The molecule has 0 aliphatic heterocycles. The van der Waals surface area contributed by atoms with Crippen LogP contribution in [0.2, 0.25) is 0 Å². The summed E-state index contributed by atoms with van der Waals surface area (Å²) in [4.78, 5) is 42.0. The Morgan fingerprint density at radius 3 is 2.31 bits per heavy atom. The van der Waals surface area contributed by atoms with E-state index in [1.807, 2.05) is 0 Å². The standard InChI is InChI=1S/C5H4FN3O3.C2H4O2/c6-2-1-9(4(7)11)5(12)8-3(2)10;1-2(3)4/h1H,(H2,7,11)(H,8,10,12);1H3,(H,3,4). The Kier molecular flexibility index (Phi) is 4.60. The van der Waals surface area contributed by atoms with Crippen LogP contribution in [0.5, 0.6) is 0 Å². The quantitative estimate of drug-likeness (QED) is 0.511. The highest BCUT2D eigenvalue weighted by Gasteiger charge is 2.06. The van der Waals surface area contributed by atoms with Gasteiger partial charge in [0.1, 0.15) is 0 Å². The maximum absolute atomic E-state index is 12.4. The number of nitrogens with zero attached hydrogens (tertiary/aromatic N) is 1. The minimum Gasteiger partial charge on any atom is -0.481 e.